The van der Waals surface area contributed by atoms with Crippen molar-refractivity contribution in [1.29, 1.82) is 0 Å². The summed E-state index contributed by atoms with van der Waals surface area (Å²) in [6.07, 6.45) is 4.06. The second-order valence-corrected chi connectivity index (χ2v) is 5.31. The van der Waals surface area contributed by atoms with Crippen molar-refractivity contribution < 1.29 is 13.6 Å². The Labute approximate surface area is 112 Å². The Bertz CT molecular complexity index is 441. The monoisotopic (exact) mass is 267 g/mol. The first-order chi connectivity index (χ1) is 9.10. The summed E-state index contributed by atoms with van der Waals surface area (Å²) in [4.78, 5) is 12.3. The van der Waals surface area contributed by atoms with Crippen molar-refractivity contribution in [3.63, 3.8) is 0 Å². The molecule has 0 amide bonds. The number of rotatable bonds is 4. The van der Waals surface area contributed by atoms with Gasteiger partial charge in [0.05, 0.1) is 0 Å². The minimum Gasteiger partial charge on any atom is -0.330 e. The van der Waals surface area contributed by atoms with Crippen molar-refractivity contribution in [2.45, 2.75) is 32.1 Å². The molecule has 1 aliphatic rings. The van der Waals surface area contributed by atoms with Gasteiger partial charge in [0.1, 0.15) is 17.4 Å². The van der Waals surface area contributed by atoms with Crippen LogP contribution in [0, 0.1) is 23.5 Å². The summed E-state index contributed by atoms with van der Waals surface area (Å²) in [6.45, 7) is 0.508. The van der Waals surface area contributed by atoms with Crippen LogP contribution in [0.2, 0.25) is 0 Å². The Morgan fingerprint density at radius 1 is 1.16 bits per heavy atom. The fourth-order valence-electron chi connectivity index (χ4n) is 2.96. The molecule has 0 radical (unpaired) electrons. The van der Waals surface area contributed by atoms with E-state index in [4.69, 9.17) is 5.73 Å². The van der Waals surface area contributed by atoms with Crippen LogP contribution in [0.1, 0.15) is 31.2 Å². The smallest absolute Gasteiger partial charge is 0.140 e. The lowest BCUT2D eigenvalue weighted by Crippen LogP contribution is -2.33. The molecule has 1 aromatic carbocycles. The lowest BCUT2D eigenvalue weighted by Gasteiger charge is -2.29. The molecule has 0 spiro atoms. The van der Waals surface area contributed by atoms with Crippen molar-refractivity contribution in [3.8, 4) is 0 Å². The van der Waals surface area contributed by atoms with Crippen LogP contribution in [0.3, 0.4) is 0 Å². The van der Waals surface area contributed by atoms with E-state index >= 15 is 0 Å². The predicted molar refractivity (Wildman–Crippen MR) is 69.6 cm³/mol. The number of benzene rings is 1. The van der Waals surface area contributed by atoms with E-state index in [9.17, 15) is 13.6 Å². The van der Waals surface area contributed by atoms with Gasteiger partial charge in [-0.1, -0.05) is 12.8 Å². The molecule has 1 aliphatic carbocycles. The highest BCUT2D eigenvalue weighted by atomic mass is 19.1. The van der Waals surface area contributed by atoms with Crippen molar-refractivity contribution in [1.82, 2.24) is 0 Å². The van der Waals surface area contributed by atoms with Crippen molar-refractivity contribution in [2.24, 2.45) is 17.6 Å². The standard InChI is InChI=1S/C15H19F2NO/c16-12-5-10(6-13(17)8-12)7-15(19)14-4-2-1-3-11(14)9-18/h5-6,8,11,14H,1-4,7,9,18H2. The van der Waals surface area contributed by atoms with E-state index in [1.54, 1.807) is 0 Å². The highest BCUT2D eigenvalue weighted by Gasteiger charge is 2.29. The van der Waals surface area contributed by atoms with Gasteiger partial charge in [-0.15, -0.1) is 0 Å². The third-order valence-electron chi connectivity index (χ3n) is 3.93. The van der Waals surface area contributed by atoms with Gasteiger partial charge in [0.2, 0.25) is 0 Å². The van der Waals surface area contributed by atoms with E-state index in [1.807, 2.05) is 0 Å². The number of hydrogen-bond acceptors (Lipinski definition) is 2. The number of carbonyl (C=O) groups excluding carboxylic acids is 1. The molecule has 2 N–H and O–H groups in total. The van der Waals surface area contributed by atoms with Gasteiger partial charge in [0, 0.05) is 18.4 Å². The maximum absolute atomic E-state index is 13.1. The summed E-state index contributed by atoms with van der Waals surface area (Å²) in [7, 11) is 0. The zero-order valence-corrected chi connectivity index (χ0v) is 10.9. The molecule has 0 heterocycles. The number of carbonyl (C=O) groups is 1. The number of Topliss-reactive ketones (excluding diaryl/α,β-unsaturated/α-hetero) is 1. The number of ketones is 1. The van der Waals surface area contributed by atoms with Gasteiger partial charge < -0.3 is 5.73 Å². The molecule has 0 aliphatic heterocycles. The minimum absolute atomic E-state index is 0.0509. The molecular weight excluding hydrogens is 248 g/mol. The van der Waals surface area contributed by atoms with Gasteiger partial charge in [0.25, 0.3) is 0 Å². The lowest BCUT2D eigenvalue weighted by atomic mass is 9.76. The second-order valence-electron chi connectivity index (χ2n) is 5.31. The third kappa shape index (κ3) is 3.60. The SMILES string of the molecule is NCC1CCCCC1C(=O)Cc1cc(F)cc(F)c1. The number of hydrogen-bond donors (Lipinski definition) is 1. The third-order valence-corrected chi connectivity index (χ3v) is 3.93. The quantitative estimate of drug-likeness (QED) is 0.911. The van der Waals surface area contributed by atoms with Gasteiger partial charge in [-0.2, -0.15) is 0 Å². The summed E-state index contributed by atoms with van der Waals surface area (Å²) >= 11 is 0. The van der Waals surface area contributed by atoms with Crippen molar-refractivity contribution >= 4 is 5.78 Å². The van der Waals surface area contributed by atoms with E-state index < -0.39 is 11.6 Å². The van der Waals surface area contributed by atoms with Crippen LogP contribution in [-0.4, -0.2) is 12.3 Å². The van der Waals surface area contributed by atoms with E-state index in [-0.39, 0.29) is 24.0 Å². The number of halogens is 2. The normalized spacial score (nSPS) is 23.3. The lowest BCUT2D eigenvalue weighted by molar-refractivity contribution is -0.124. The molecule has 1 aromatic rings. The molecule has 0 bridgehead atoms. The zero-order valence-electron chi connectivity index (χ0n) is 10.9. The molecule has 2 rings (SSSR count). The molecule has 104 valence electrons. The molecule has 0 aromatic heterocycles. The van der Waals surface area contributed by atoms with E-state index in [2.05, 4.69) is 0 Å². The second kappa shape index (κ2) is 6.24. The van der Waals surface area contributed by atoms with Gasteiger partial charge in [-0.3, -0.25) is 4.79 Å². The Hall–Kier alpha value is -1.29. The van der Waals surface area contributed by atoms with E-state index in [1.165, 1.54) is 12.1 Å². The first kappa shape index (κ1) is 14.1. The van der Waals surface area contributed by atoms with Crippen molar-refractivity contribution in [2.75, 3.05) is 6.54 Å². The first-order valence-electron chi connectivity index (χ1n) is 6.78. The van der Waals surface area contributed by atoms with Crippen LogP contribution in [0.4, 0.5) is 8.78 Å². The summed E-state index contributed by atoms with van der Waals surface area (Å²) < 4.78 is 26.2. The molecule has 19 heavy (non-hydrogen) atoms. The highest BCUT2D eigenvalue weighted by Crippen LogP contribution is 2.30. The minimum atomic E-state index is -0.637. The molecule has 1 saturated carbocycles. The molecule has 1 fully saturated rings. The predicted octanol–water partition coefficient (Wildman–Crippen LogP) is 2.84. The van der Waals surface area contributed by atoms with Crippen LogP contribution in [0.5, 0.6) is 0 Å². The number of nitrogens with two attached hydrogens (primary N) is 1. The Balaban J connectivity index is 2.07. The maximum Gasteiger partial charge on any atom is 0.140 e. The molecular formula is C15H19F2NO. The summed E-state index contributed by atoms with van der Waals surface area (Å²) in [6, 6.07) is 3.26. The Morgan fingerprint density at radius 3 is 2.42 bits per heavy atom. The fourth-order valence-corrected chi connectivity index (χ4v) is 2.96. The van der Waals surface area contributed by atoms with Gasteiger partial charge in [0.15, 0.2) is 0 Å². The van der Waals surface area contributed by atoms with Crippen LogP contribution in [0.15, 0.2) is 18.2 Å². The maximum atomic E-state index is 13.1. The highest BCUT2D eigenvalue weighted by molar-refractivity contribution is 5.83. The molecule has 2 unspecified atom stereocenters. The average Bonchev–Trinajstić information content (AvgIpc) is 2.37. The molecule has 4 heteroatoms. The first-order valence-corrected chi connectivity index (χ1v) is 6.78. The van der Waals surface area contributed by atoms with Crippen LogP contribution < -0.4 is 5.73 Å². The van der Waals surface area contributed by atoms with E-state index in [0.717, 1.165) is 31.7 Å². The van der Waals surface area contributed by atoms with Crippen LogP contribution >= 0.6 is 0 Å². The molecule has 0 saturated heterocycles. The zero-order chi connectivity index (χ0) is 13.8. The Morgan fingerprint density at radius 2 is 1.79 bits per heavy atom. The average molecular weight is 267 g/mol. The largest absolute Gasteiger partial charge is 0.330 e. The van der Waals surface area contributed by atoms with Crippen LogP contribution in [-0.2, 0) is 11.2 Å². The van der Waals surface area contributed by atoms with Gasteiger partial charge >= 0.3 is 0 Å². The fraction of sp³-hybridized carbons (Fsp3) is 0.533. The summed E-state index contributed by atoms with van der Waals surface area (Å²) in [5.41, 5.74) is 6.11. The van der Waals surface area contributed by atoms with Gasteiger partial charge in [-0.05, 0) is 43.0 Å². The summed E-state index contributed by atoms with van der Waals surface area (Å²) in [5, 5.41) is 0. The van der Waals surface area contributed by atoms with Crippen LogP contribution in [0.25, 0.3) is 0 Å². The van der Waals surface area contributed by atoms with E-state index in [0.29, 0.717) is 12.1 Å². The summed E-state index contributed by atoms with van der Waals surface area (Å²) in [5.74, 6) is -1.05. The molecule has 2 nitrogen and oxygen atoms in total. The van der Waals surface area contributed by atoms with Gasteiger partial charge in [-0.25, -0.2) is 8.78 Å². The Kier molecular flexibility index (Phi) is 4.64. The molecule has 2 atom stereocenters. The topological polar surface area (TPSA) is 43.1 Å². The van der Waals surface area contributed by atoms with Crippen molar-refractivity contribution in [3.05, 3.63) is 35.4 Å².